The van der Waals surface area contributed by atoms with Crippen LogP contribution in [0.3, 0.4) is 0 Å². The summed E-state index contributed by atoms with van der Waals surface area (Å²) in [5.74, 6) is 0.131. The van der Waals surface area contributed by atoms with Crippen LogP contribution in [0.25, 0.3) is 0 Å². The van der Waals surface area contributed by atoms with Crippen molar-refractivity contribution in [1.82, 2.24) is 10.2 Å². The average molecular weight is 333 g/mol. The maximum atomic E-state index is 12.0. The fourth-order valence-electron chi connectivity index (χ4n) is 1.89. The Morgan fingerprint density at radius 2 is 2.56 bits per heavy atom. The normalized spacial score (nSPS) is 19.8. The Labute approximate surface area is 119 Å². The van der Waals surface area contributed by atoms with Gasteiger partial charge in [-0.25, -0.2) is 0 Å². The maximum absolute atomic E-state index is 12.0. The third-order valence-electron chi connectivity index (χ3n) is 2.87. The van der Waals surface area contributed by atoms with Crippen LogP contribution in [0, 0.1) is 0 Å². The van der Waals surface area contributed by atoms with Gasteiger partial charge in [0, 0.05) is 26.7 Å². The van der Waals surface area contributed by atoms with E-state index >= 15 is 0 Å². The van der Waals surface area contributed by atoms with Crippen molar-refractivity contribution in [3.8, 4) is 0 Å². The molecule has 0 saturated carbocycles. The molecule has 1 N–H and O–H groups in total. The second-order valence-corrected chi connectivity index (χ2v) is 6.70. The minimum absolute atomic E-state index is 0.0166. The predicted octanol–water partition coefficient (Wildman–Crippen LogP) is 1.85. The fraction of sp³-hybridized carbons (Fsp3) is 0.583. The van der Waals surface area contributed by atoms with E-state index in [1.807, 2.05) is 13.1 Å². The summed E-state index contributed by atoms with van der Waals surface area (Å²) in [5.41, 5.74) is 1.16. The van der Waals surface area contributed by atoms with Crippen LogP contribution in [0.1, 0.15) is 12.0 Å². The molecule has 1 atom stereocenters. The number of hydrogen-bond donors (Lipinski definition) is 1. The highest BCUT2D eigenvalue weighted by Crippen LogP contribution is 2.21. The number of hydrogen-bond acceptors (Lipinski definition) is 4. The van der Waals surface area contributed by atoms with E-state index in [1.54, 1.807) is 16.2 Å². The van der Waals surface area contributed by atoms with Gasteiger partial charge in [-0.3, -0.25) is 4.79 Å². The van der Waals surface area contributed by atoms with Crippen LogP contribution >= 0.6 is 27.3 Å². The van der Waals surface area contributed by atoms with Gasteiger partial charge in [0.05, 0.1) is 22.9 Å². The topological polar surface area (TPSA) is 41.6 Å². The van der Waals surface area contributed by atoms with Gasteiger partial charge < -0.3 is 15.0 Å². The lowest BCUT2D eigenvalue weighted by Gasteiger charge is -2.25. The Bertz CT molecular complexity index is 405. The molecule has 1 amide bonds. The van der Waals surface area contributed by atoms with E-state index < -0.39 is 0 Å². The van der Waals surface area contributed by atoms with Gasteiger partial charge in [-0.1, -0.05) is 0 Å². The van der Waals surface area contributed by atoms with Crippen LogP contribution in [0.15, 0.2) is 15.2 Å². The van der Waals surface area contributed by atoms with Crippen LogP contribution in [0.5, 0.6) is 0 Å². The lowest BCUT2D eigenvalue weighted by Crippen LogP contribution is -2.41. The smallest absolute Gasteiger partial charge is 0.225 e. The highest BCUT2D eigenvalue weighted by atomic mass is 79.9. The number of halogens is 1. The fourth-order valence-corrected chi connectivity index (χ4v) is 3.09. The first-order valence-corrected chi connectivity index (χ1v) is 7.61. The summed E-state index contributed by atoms with van der Waals surface area (Å²) in [7, 11) is 1.84. The van der Waals surface area contributed by atoms with E-state index in [0.717, 1.165) is 22.4 Å². The Kier molecular flexibility index (Phi) is 5.17. The molecule has 1 saturated heterocycles. The van der Waals surface area contributed by atoms with Crippen LogP contribution in [-0.4, -0.2) is 43.7 Å². The summed E-state index contributed by atoms with van der Waals surface area (Å²) in [5, 5.41) is 5.29. The van der Waals surface area contributed by atoms with E-state index in [0.29, 0.717) is 19.6 Å². The molecule has 1 aromatic rings. The van der Waals surface area contributed by atoms with Gasteiger partial charge in [0.1, 0.15) is 0 Å². The first-order valence-electron chi connectivity index (χ1n) is 5.94. The summed E-state index contributed by atoms with van der Waals surface area (Å²) in [4.78, 5) is 13.8. The number of amides is 1. The van der Waals surface area contributed by atoms with Gasteiger partial charge in [0.15, 0.2) is 0 Å². The molecule has 18 heavy (non-hydrogen) atoms. The van der Waals surface area contributed by atoms with Gasteiger partial charge in [-0.2, -0.15) is 0 Å². The van der Waals surface area contributed by atoms with Crippen molar-refractivity contribution in [3.63, 3.8) is 0 Å². The zero-order chi connectivity index (χ0) is 13.0. The SMILES string of the molecule is CN(Cc1csc(Br)c1)C(=O)CC1CNCCO1. The van der Waals surface area contributed by atoms with Crippen LogP contribution in [-0.2, 0) is 16.1 Å². The summed E-state index contributed by atoms with van der Waals surface area (Å²) in [6.07, 6.45) is 0.470. The second kappa shape index (κ2) is 6.65. The molecule has 1 unspecified atom stereocenters. The molecular formula is C12H17BrN2O2S. The second-order valence-electron chi connectivity index (χ2n) is 4.41. The Morgan fingerprint density at radius 3 is 3.17 bits per heavy atom. The van der Waals surface area contributed by atoms with E-state index in [9.17, 15) is 4.79 Å². The molecule has 1 fully saturated rings. The molecule has 0 aromatic carbocycles. The van der Waals surface area contributed by atoms with Gasteiger partial charge in [-0.15, -0.1) is 11.3 Å². The third-order valence-corrected chi connectivity index (χ3v) is 4.43. The van der Waals surface area contributed by atoms with Crippen molar-refractivity contribution in [1.29, 1.82) is 0 Å². The molecular weight excluding hydrogens is 316 g/mol. The number of nitrogens with zero attached hydrogens (tertiary/aromatic N) is 1. The third kappa shape index (κ3) is 4.05. The molecule has 0 aliphatic carbocycles. The van der Waals surface area contributed by atoms with Crippen molar-refractivity contribution in [3.05, 3.63) is 20.8 Å². The molecule has 1 aliphatic heterocycles. The van der Waals surface area contributed by atoms with Crippen LogP contribution in [0.2, 0.25) is 0 Å². The molecule has 0 bridgehead atoms. The number of nitrogens with one attached hydrogen (secondary N) is 1. The monoisotopic (exact) mass is 332 g/mol. The largest absolute Gasteiger partial charge is 0.375 e. The highest BCUT2D eigenvalue weighted by Gasteiger charge is 2.19. The van der Waals surface area contributed by atoms with Gasteiger partial charge in [0.2, 0.25) is 5.91 Å². The lowest BCUT2D eigenvalue weighted by molar-refractivity contribution is -0.133. The maximum Gasteiger partial charge on any atom is 0.225 e. The summed E-state index contributed by atoms with van der Waals surface area (Å²) in [6, 6.07) is 2.05. The van der Waals surface area contributed by atoms with E-state index in [2.05, 4.69) is 26.6 Å². The lowest BCUT2D eigenvalue weighted by atomic mass is 10.2. The molecule has 1 aromatic heterocycles. The van der Waals surface area contributed by atoms with Crippen molar-refractivity contribution in [2.75, 3.05) is 26.7 Å². The number of morpholine rings is 1. The molecule has 100 valence electrons. The Balaban J connectivity index is 1.80. The predicted molar refractivity (Wildman–Crippen MR) is 75.7 cm³/mol. The first kappa shape index (κ1) is 14.0. The number of thiophene rings is 1. The molecule has 0 radical (unpaired) electrons. The van der Waals surface area contributed by atoms with Crippen LogP contribution in [0.4, 0.5) is 0 Å². The zero-order valence-electron chi connectivity index (χ0n) is 10.3. The number of rotatable bonds is 4. The van der Waals surface area contributed by atoms with Gasteiger partial charge in [-0.05, 0) is 32.9 Å². The van der Waals surface area contributed by atoms with Crippen molar-refractivity contribution >= 4 is 33.2 Å². The van der Waals surface area contributed by atoms with Crippen molar-refractivity contribution < 1.29 is 9.53 Å². The molecule has 4 nitrogen and oxygen atoms in total. The molecule has 6 heteroatoms. The van der Waals surface area contributed by atoms with Crippen molar-refractivity contribution in [2.45, 2.75) is 19.1 Å². The van der Waals surface area contributed by atoms with E-state index in [4.69, 9.17) is 4.74 Å². The number of carbonyl (C=O) groups is 1. The van der Waals surface area contributed by atoms with E-state index in [1.165, 1.54) is 0 Å². The average Bonchev–Trinajstić information content (AvgIpc) is 2.76. The number of carbonyl (C=O) groups excluding carboxylic acids is 1. The minimum atomic E-state index is 0.0166. The summed E-state index contributed by atoms with van der Waals surface area (Å²) < 4.78 is 6.63. The molecule has 1 aliphatic rings. The Hall–Kier alpha value is -0.430. The molecule has 0 spiro atoms. The standard InChI is InChI=1S/C12H17BrN2O2S/c1-15(7-9-4-11(13)18-8-9)12(16)5-10-6-14-2-3-17-10/h4,8,10,14H,2-3,5-7H2,1H3. The minimum Gasteiger partial charge on any atom is -0.375 e. The summed E-state index contributed by atoms with van der Waals surface area (Å²) >= 11 is 5.06. The van der Waals surface area contributed by atoms with Crippen LogP contribution < -0.4 is 5.32 Å². The van der Waals surface area contributed by atoms with Gasteiger partial charge in [0.25, 0.3) is 0 Å². The quantitative estimate of drug-likeness (QED) is 0.914. The van der Waals surface area contributed by atoms with Gasteiger partial charge >= 0.3 is 0 Å². The highest BCUT2D eigenvalue weighted by molar-refractivity contribution is 9.11. The van der Waals surface area contributed by atoms with Crippen molar-refractivity contribution in [2.24, 2.45) is 0 Å². The first-order chi connectivity index (χ1) is 8.65. The molecule has 2 heterocycles. The zero-order valence-corrected chi connectivity index (χ0v) is 12.7. The number of ether oxygens (including phenoxy) is 1. The Morgan fingerprint density at radius 1 is 1.72 bits per heavy atom. The molecule has 2 rings (SSSR count). The summed E-state index contributed by atoms with van der Waals surface area (Å²) in [6.45, 7) is 2.99. The van der Waals surface area contributed by atoms with E-state index in [-0.39, 0.29) is 12.0 Å².